The van der Waals surface area contributed by atoms with Crippen LogP contribution in [0.25, 0.3) is 0 Å². The van der Waals surface area contributed by atoms with Gasteiger partial charge in [0.2, 0.25) is 0 Å². The van der Waals surface area contributed by atoms with E-state index < -0.39 is 0 Å². The van der Waals surface area contributed by atoms with Crippen molar-refractivity contribution in [2.24, 2.45) is 0 Å². The second-order valence-corrected chi connectivity index (χ2v) is 4.10. The molecule has 1 heterocycles. The number of aromatic nitrogens is 1. The van der Waals surface area contributed by atoms with Crippen molar-refractivity contribution in [2.75, 3.05) is 11.9 Å². The zero-order chi connectivity index (χ0) is 13.1. The fraction of sp³-hybridized carbons (Fsp3) is 0.0769. The second-order valence-electron chi connectivity index (χ2n) is 3.71. The normalized spacial score (nSPS) is 10.2. The van der Waals surface area contributed by atoms with Crippen molar-refractivity contribution in [1.29, 1.82) is 0 Å². The molecule has 1 aromatic carbocycles. The number of halogens is 2. The van der Waals surface area contributed by atoms with Crippen LogP contribution in [0.5, 0.6) is 0 Å². The molecule has 0 radical (unpaired) electrons. The molecule has 0 bridgehead atoms. The zero-order valence-electron chi connectivity index (χ0n) is 9.60. The molecule has 2 aromatic rings. The van der Waals surface area contributed by atoms with E-state index in [4.69, 9.17) is 11.6 Å². The molecule has 1 aromatic heterocycles. The highest BCUT2D eigenvalue weighted by atomic mass is 35.5. The number of carbonyl (C=O) groups excluding carboxylic acids is 1. The Labute approximate surface area is 109 Å². The summed E-state index contributed by atoms with van der Waals surface area (Å²) in [5.74, 6) is -0.662. The highest BCUT2D eigenvalue weighted by Gasteiger charge is 2.14. The van der Waals surface area contributed by atoms with Gasteiger partial charge in [0.15, 0.2) is 0 Å². The lowest BCUT2D eigenvalue weighted by molar-refractivity contribution is 0.0993. The predicted octanol–water partition coefficient (Wildman–Crippen LogP) is 3.15. The molecule has 0 saturated carbocycles. The van der Waals surface area contributed by atoms with E-state index in [-0.39, 0.29) is 16.9 Å². The van der Waals surface area contributed by atoms with E-state index in [1.54, 1.807) is 25.2 Å². The Hall–Kier alpha value is -1.94. The summed E-state index contributed by atoms with van der Waals surface area (Å²) < 4.78 is 13.1. The molecule has 0 spiro atoms. The summed E-state index contributed by atoms with van der Waals surface area (Å²) >= 11 is 5.72. The molecule has 92 valence electrons. The maximum Gasteiger partial charge on any atom is 0.258 e. The van der Waals surface area contributed by atoms with E-state index in [0.29, 0.717) is 11.3 Å². The second kappa shape index (κ2) is 5.14. The molecule has 0 N–H and O–H groups in total. The van der Waals surface area contributed by atoms with Crippen LogP contribution in [-0.2, 0) is 0 Å². The number of hydrogen-bond donors (Lipinski definition) is 0. The monoisotopic (exact) mass is 264 g/mol. The molecular weight excluding hydrogens is 255 g/mol. The molecule has 0 aliphatic carbocycles. The standard InChI is InChI=1S/C13H10ClFN2O/c1-17(11-4-2-3-10(15)8-11)13(18)9-5-6-16-12(14)7-9/h2-8H,1H3. The molecule has 0 fully saturated rings. The first-order valence-electron chi connectivity index (χ1n) is 5.23. The van der Waals surface area contributed by atoms with Crippen LogP contribution in [0.15, 0.2) is 42.6 Å². The molecule has 5 heteroatoms. The van der Waals surface area contributed by atoms with Crippen LogP contribution in [0.4, 0.5) is 10.1 Å². The van der Waals surface area contributed by atoms with Crippen LogP contribution >= 0.6 is 11.6 Å². The molecule has 0 aliphatic rings. The summed E-state index contributed by atoms with van der Waals surface area (Å²) in [6, 6.07) is 8.85. The lowest BCUT2D eigenvalue weighted by atomic mass is 10.2. The molecular formula is C13H10ClFN2O. The van der Waals surface area contributed by atoms with Crippen molar-refractivity contribution in [1.82, 2.24) is 4.98 Å². The lowest BCUT2D eigenvalue weighted by Crippen LogP contribution is -2.26. The predicted molar refractivity (Wildman–Crippen MR) is 68.4 cm³/mol. The Morgan fingerprint density at radius 1 is 1.33 bits per heavy atom. The molecule has 0 saturated heterocycles. The maximum atomic E-state index is 13.1. The van der Waals surface area contributed by atoms with E-state index in [1.165, 1.54) is 29.3 Å². The number of anilines is 1. The largest absolute Gasteiger partial charge is 0.311 e. The van der Waals surface area contributed by atoms with E-state index in [9.17, 15) is 9.18 Å². The summed E-state index contributed by atoms with van der Waals surface area (Å²) in [5.41, 5.74) is 0.884. The van der Waals surface area contributed by atoms with Gasteiger partial charge in [-0.2, -0.15) is 0 Å². The summed E-state index contributed by atoms with van der Waals surface area (Å²) in [6.45, 7) is 0. The van der Waals surface area contributed by atoms with Gasteiger partial charge in [0.1, 0.15) is 11.0 Å². The van der Waals surface area contributed by atoms with Crippen molar-refractivity contribution >= 4 is 23.2 Å². The Morgan fingerprint density at radius 2 is 2.11 bits per heavy atom. The van der Waals surface area contributed by atoms with Gasteiger partial charge < -0.3 is 4.90 Å². The topological polar surface area (TPSA) is 33.2 Å². The third-order valence-corrected chi connectivity index (χ3v) is 2.68. The molecule has 0 aliphatic heterocycles. The van der Waals surface area contributed by atoms with Crippen LogP contribution in [0.1, 0.15) is 10.4 Å². The quantitative estimate of drug-likeness (QED) is 0.781. The number of rotatable bonds is 2. The minimum atomic E-state index is -0.389. The fourth-order valence-corrected chi connectivity index (χ4v) is 1.71. The Balaban J connectivity index is 2.29. The van der Waals surface area contributed by atoms with Crippen LogP contribution in [0.2, 0.25) is 5.15 Å². The van der Waals surface area contributed by atoms with Crippen molar-refractivity contribution in [2.45, 2.75) is 0 Å². The lowest BCUT2D eigenvalue weighted by Gasteiger charge is -2.17. The molecule has 0 unspecified atom stereocenters. The average Bonchev–Trinajstić information content (AvgIpc) is 2.37. The van der Waals surface area contributed by atoms with Crippen molar-refractivity contribution in [3.63, 3.8) is 0 Å². The summed E-state index contributed by atoms with van der Waals surface area (Å²) in [4.78, 5) is 17.3. The van der Waals surface area contributed by atoms with Gasteiger partial charge >= 0.3 is 0 Å². The Kier molecular flexibility index (Phi) is 3.58. The highest BCUT2D eigenvalue weighted by Crippen LogP contribution is 2.17. The molecule has 18 heavy (non-hydrogen) atoms. The Bertz CT molecular complexity index is 589. The summed E-state index contributed by atoms with van der Waals surface area (Å²) in [5, 5.41) is 0.244. The van der Waals surface area contributed by atoms with Gasteiger partial charge in [-0.05, 0) is 30.3 Å². The van der Waals surface area contributed by atoms with Crippen LogP contribution in [-0.4, -0.2) is 17.9 Å². The number of pyridine rings is 1. The number of hydrogen-bond acceptors (Lipinski definition) is 2. The third-order valence-electron chi connectivity index (χ3n) is 2.47. The van der Waals surface area contributed by atoms with Gasteiger partial charge in [0, 0.05) is 24.5 Å². The van der Waals surface area contributed by atoms with Crippen molar-refractivity contribution in [3.8, 4) is 0 Å². The first-order chi connectivity index (χ1) is 8.58. The first-order valence-corrected chi connectivity index (χ1v) is 5.61. The average molecular weight is 265 g/mol. The molecule has 3 nitrogen and oxygen atoms in total. The first kappa shape index (κ1) is 12.5. The molecule has 2 rings (SSSR count). The minimum absolute atomic E-state index is 0.244. The van der Waals surface area contributed by atoms with Crippen molar-refractivity contribution < 1.29 is 9.18 Å². The van der Waals surface area contributed by atoms with Gasteiger partial charge in [-0.15, -0.1) is 0 Å². The number of carbonyl (C=O) groups is 1. The molecule has 0 atom stereocenters. The highest BCUT2D eigenvalue weighted by molar-refractivity contribution is 6.29. The summed E-state index contributed by atoms with van der Waals surface area (Å²) in [7, 11) is 1.57. The number of nitrogens with zero attached hydrogens (tertiary/aromatic N) is 2. The van der Waals surface area contributed by atoms with Crippen LogP contribution in [0, 0.1) is 5.82 Å². The van der Waals surface area contributed by atoms with E-state index in [0.717, 1.165) is 0 Å². The maximum absolute atomic E-state index is 13.1. The fourth-order valence-electron chi connectivity index (χ4n) is 1.53. The zero-order valence-corrected chi connectivity index (χ0v) is 10.4. The van der Waals surface area contributed by atoms with E-state index in [2.05, 4.69) is 4.98 Å². The van der Waals surface area contributed by atoms with Crippen LogP contribution in [0.3, 0.4) is 0 Å². The van der Waals surface area contributed by atoms with Gasteiger partial charge in [-0.25, -0.2) is 9.37 Å². The van der Waals surface area contributed by atoms with Gasteiger partial charge in [-0.3, -0.25) is 4.79 Å². The van der Waals surface area contributed by atoms with E-state index >= 15 is 0 Å². The molecule has 1 amide bonds. The number of amides is 1. The Morgan fingerprint density at radius 3 is 2.78 bits per heavy atom. The van der Waals surface area contributed by atoms with Gasteiger partial charge in [0.05, 0.1) is 0 Å². The van der Waals surface area contributed by atoms with Gasteiger partial charge in [0.25, 0.3) is 5.91 Å². The van der Waals surface area contributed by atoms with Crippen LogP contribution < -0.4 is 4.90 Å². The minimum Gasteiger partial charge on any atom is -0.311 e. The smallest absolute Gasteiger partial charge is 0.258 e. The van der Waals surface area contributed by atoms with Crippen molar-refractivity contribution in [3.05, 3.63) is 59.1 Å². The SMILES string of the molecule is CN(C(=O)c1ccnc(Cl)c1)c1cccc(F)c1. The number of benzene rings is 1. The van der Waals surface area contributed by atoms with E-state index in [1.807, 2.05) is 0 Å². The third kappa shape index (κ3) is 2.65. The van der Waals surface area contributed by atoms with Gasteiger partial charge in [-0.1, -0.05) is 17.7 Å². The summed E-state index contributed by atoms with van der Waals surface area (Å²) in [6.07, 6.45) is 1.45.